The van der Waals surface area contributed by atoms with Gasteiger partial charge in [0, 0.05) is 5.69 Å². The number of hydrogen-bond acceptors (Lipinski definition) is 4. The number of benzene rings is 1. The summed E-state index contributed by atoms with van der Waals surface area (Å²) < 4.78 is 6.24. The summed E-state index contributed by atoms with van der Waals surface area (Å²) in [6, 6.07) is 6.63. The molecule has 0 aliphatic heterocycles. The lowest BCUT2D eigenvalue weighted by Gasteiger charge is -2.11. The summed E-state index contributed by atoms with van der Waals surface area (Å²) in [5.74, 6) is 0.167. The molecule has 0 saturated carbocycles. The fourth-order valence-corrected chi connectivity index (χ4v) is 3.15. The first-order valence-corrected chi connectivity index (χ1v) is 7.12. The van der Waals surface area contributed by atoms with Crippen molar-refractivity contribution in [2.75, 3.05) is 12.3 Å². The molecule has 0 atom stereocenters. The van der Waals surface area contributed by atoms with Crippen LogP contribution in [0.2, 0.25) is 8.67 Å². The van der Waals surface area contributed by atoms with Gasteiger partial charge in [0.05, 0.1) is 22.1 Å². The van der Waals surface area contributed by atoms with Crippen LogP contribution in [-0.4, -0.2) is 12.4 Å². The Balaban J connectivity index is 2.52. The number of nitrogen functional groups attached to an aromatic ring is 1. The zero-order chi connectivity index (χ0) is 14.0. The van der Waals surface area contributed by atoms with Crippen LogP contribution in [0.1, 0.15) is 22.8 Å². The van der Waals surface area contributed by atoms with Crippen LogP contribution in [0, 0.1) is 0 Å². The fraction of sp³-hybridized carbons (Fsp3) is 0.154. The van der Waals surface area contributed by atoms with Crippen LogP contribution in [0.5, 0.6) is 5.75 Å². The van der Waals surface area contributed by atoms with Gasteiger partial charge in [0.15, 0.2) is 0 Å². The van der Waals surface area contributed by atoms with E-state index in [1.807, 2.05) is 6.92 Å². The first-order chi connectivity index (χ1) is 9.04. The molecule has 3 nitrogen and oxygen atoms in total. The Kier molecular flexibility index (Phi) is 4.34. The quantitative estimate of drug-likeness (QED) is 0.677. The Labute approximate surface area is 124 Å². The zero-order valence-corrected chi connectivity index (χ0v) is 12.4. The lowest BCUT2D eigenvalue weighted by atomic mass is 10.0. The highest BCUT2D eigenvalue weighted by atomic mass is 35.5. The van der Waals surface area contributed by atoms with Gasteiger partial charge in [-0.1, -0.05) is 29.3 Å². The second-order valence-electron chi connectivity index (χ2n) is 3.72. The number of ether oxygens (including phenoxy) is 1. The van der Waals surface area contributed by atoms with Gasteiger partial charge < -0.3 is 10.5 Å². The van der Waals surface area contributed by atoms with E-state index in [1.54, 1.807) is 24.3 Å². The molecule has 19 heavy (non-hydrogen) atoms. The van der Waals surface area contributed by atoms with E-state index in [4.69, 9.17) is 33.7 Å². The number of halogens is 2. The van der Waals surface area contributed by atoms with Crippen LogP contribution in [0.15, 0.2) is 24.3 Å². The summed E-state index contributed by atoms with van der Waals surface area (Å²) in [6.07, 6.45) is 0. The molecule has 0 aliphatic rings. The Morgan fingerprint density at radius 2 is 2.16 bits per heavy atom. The SMILES string of the molecule is CCOc1cccc(N)c1C(=O)c1cc(Cl)sc1Cl. The van der Waals surface area contributed by atoms with Crippen molar-refractivity contribution in [1.29, 1.82) is 0 Å². The predicted octanol–water partition coefficient (Wildman–Crippen LogP) is 4.27. The molecule has 2 rings (SSSR count). The van der Waals surface area contributed by atoms with E-state index < -0.39 is 0 Å². The molecule has 6 heteroatoms. The minimum Gasteiger partial charge on any atom is -0.493 e. The highest BCUT2D eigenvalue weighted by Gasteiger charge is 2.22. The first kappa shape index (κ1) is 14.2. The van der Waals surface area contributed by atoms with E-state index in [1.165, 1.54) is 0 Å². The molecule has 0 fully saturated rings. The number of ketones is 1. The number of anilines is 1. The maximum atomic E-state index is 12.5. The molecule has 2 aromatic rings. The van der Waals surface area contributed by atoms with Crippen molar-refractivity contribution in [2.45, 2.75) is 6.92 Å². The predicted molar refractivity (Wildman–Crippen MR) is 79.8 cm³/mol. The second-order valence-corrected chi connectivity index (χ2v) is 6.01. The van der Waals surface area contributed by atoms with E-state index in [9.17, 15) is 4.79 Å². The number of carbonyl (C=O) groups is 1. The molecule has 0 amide bonds. The third-order valence-corrected chi connectivity index (χ3v) is 3.97. The van der Waals surface area contributed by atoms with Crippen LogP contribution in [-0.2, 0) is 0 Å². The Morgan fingerprint density at radius 1 is 1.42 bits per heavy atom. The number of hydrogen-bond donors (Lipinski definition) is 1. The third kappa shape index (κ3) is 2.86. The van der Waals surface area contributed by atoms with Gasteiger partial charge in [0.25, 0.3) is 0 Å². The van der Waals surface area contributed by atoms with Gasteiger partial charge in [-0.3, -0.25) is 4.79 Å². The van der Waals surface area contributed by atoms with Crippen LogP contribution >= 0.6 is 34.5 Å². The molecule has 1 aromatic carbocycles. The molecule has 0 spiro atoms. The van der Waals surface area contributed by atoms with Gasteiger partial charge in [-0.2, -0.15) is 0 Å². The summed E-state index contributed by atoms with van der Waals surface area (Å²) in [5, 5.41) is 0. The molecule has 0 aliphatic carbocycles. The molecular weight excluding hydrogens is 305 g/mol. The fourth-order valence-electron chi connectivity index (χ4n) is 1.70. The molecule has 0 saturated heterocycles. The van der Waals surface area contributed by atoms with Crippen molar-refractivity contribution in [2.24, 2.45) is 0 Å². The van der Waals surface area contributed by atoms with Crippen molar-refractivity contribution in [3.8, 4) is 5.75 Å². The summed E-state index contributed by atoms with van der Waals surface area (Å²) in [4.78, 5) is 12.5. The number of carbonyl (C=O) groups excluding carboxylic acids is 1. The van der Waals surface area contributed by atoms with Crippen LogP contribution in [0.3, 0.4) is 0 Å². The summed E-state index contributed by atoms with van der Waals surface area (Å²) in [7, 11) is 0. The van der Waals surface area contributed by atoms with E-state index in [2.05, 4.69) is 0 Å². The number of rotatable bonds is 4. The first-order valence-electron chi connectivity index (χ1n) is 5.55. The highest BCUT2D eigenvalue weighted by molar-refractivity contribution is 7.20. The monoisotopic (exact) mass is 315 g/mol. The average Bonchev–Trinajstić information content (AvgIpc) is 2.68. The van der Waals surface area contributed by atoms with E-state index in [-0.39, 0.29) is 5.78 Å². The van der Waals surface area contributed by atoms with Gasteiger partial charge in [0.1, 0.15) is 10.1 Å². The minimum absolute atomic E-state index is 0.283. The maximum Gasteiger partial charge on any atom is 0.201 e. The molecular formula is C13H11Cl2NO2S. The Morgan fingerprint density at radius 3 is 2.74 bits per heavy atom. The second kappa shape index (κ2) is 5.82. The van der Waals surface area contributed by atoms with E-state index in [0.717, 1.165) is 11.3 Å². The molecule has 100 valence electrons. The lowest BCUT2D eigenvalue weighted by molar-refractivity contribution is 0.103. The maximum absolute atomic E-state index is 12.5. The smallest absolute Gasteiger partial charge is 0.201 e. The Hall–Kier alpha value is -1.23. The van der Waals surface area contributed by atoms with E-state index >= 15 is 0 Å². The van der Waals surface area contributed by atoms with E-state index in [0.29, 0.717) is 37.8 Å². The minimum atomic E-state index is -0.283. The molecule has 1 heterocycles. The topological polar surface area (TPSA) is 52.3 Å². The zero-order valence-electron chi connectivity index (χ0n) is 10.1. The van der Waals surface area contributed by atoms with Crippen LogP contribution in [0.25, 0.3) is 0 Å². The van der Waals surface area contributed by atoms with Crippen molar-refractivity contribution in [3.05, 3.63) is 44.1 Å². The standard InChI is InChI=1S/C13H11Cl2NO2S/c1-2-18-9-5-3-4-8(16)11(9)12(17)7-6-10(14)19-13(7)15/h3-6H,2,16H2,1H3. The van der Waals surface area contributed by atoms with Crippen molar-refractivity contribution < 1.29 is 9.53 Å². The van der Waals surface area contributed by atoms with Crippen LogP contribution in [0.4, 0.5) is 5.69 Å². The van der Waals surface area contributed by atoms with Crippen molar-refractivity contribution in [1.82, 2.24) is 0 Å². The van der Waals surface area contributed by atoms with Crippen LogP contribution < -0.4 is 10.5 Å². The van der Waals surface area contributed by atoms with Crippen molar-refractivity contribution in [3.63, 3.8) is 0 Å². The Bertz CT molecular complexity index is 625. The molecule has 0 bridgehead atoms. The molecule has 0 unspecified atom stereocenters. The number of thiophene rings is 1. The average molecular weight is 316 g/mol. The normalized spacial score (nSPS) is 10.5. The largest absolute Gasteiger partial charge is 0.493 e. The van der Waals surface area contributed by atoms with Gasteiger partial charge in [0.2, 0.25) is 5.78 Å². The van der Waals surface area contributed by atoms with Gasteiger partial charge in [-0.15, -0.1) is 11.3 Å². The summed E-state index contributed by atoms with van der Waals surface area (Å²) in [5.41, 5.74) is 6.89. The van der Waals surface area contributed by atoms with Gasteiger partial charge >= 0.3 is 0 Å². The van der Waals surface area contributed by atoms with Gasteiger partial charge in [-0.05, 0) is 25.1 Å². The highest BCUT2D eigenvalue weighted by Crippen LogP contribution is 2.35. The third-order valence-electron chi connectivity index (χ3n) is 2.49. The molecule has 2 N–H and O–H groups in total. The number of nitrogens with two attached hydrogens (primary N) is 1. The summed E-state index contributed by atoms with van der Waals surface area (Å²) >= 11 is 13.0. The lowest BCUT2D eigenvalue weighted by Crippen LogP contribution is -2.08. The van der Waals surface area contributed by atoms with Gasteiger partial charge in [-0.25, -0.2) is 0 Å². The molecule has 1 aromatic heterocycles. The molecule has 0 radical (unpaired) electrons. The van der Waals surface area contributed by atoms with Crippen molar-refractivity contribution >= 4 is 46.0 Å². The summed E-state index contributed by atoms with van der Waals surface area (Å²) in [6.45, 7) is 2.29.